The van der Waals surface area contributed by atoms with Gasteiger partial charge in [0.1, 0.15) is 5.82 Å². The lowest BCUT2D eigenvalue weighted by atomic mass is 9.74. The third kappa shape index (κ3) is 5.21. The normalized spacial score (nSPS) is 12.5. The minimum atomic E-state index is -0.0264. The second-order valence-corrected chi connectivity index (χ2v) is 6.89. The molecule has 0 saturated carbocycles. The lowest BCUT2D eigenvalue weighted by molar-refractivity contribution is -0.118. The number of H-pyrrole nitrogens is 1. The van der Waals surface area contributed by atoms with Crippen molar-refractivity contribution in [1.82, 2.24) is 10.2 Å². The maximum absolute atomic E-state index is 11.9. The number of alkyl halides is 1. The molecule has 0 aliphatic heterocycles. The summed E-state index contributed by atoms with van der Waals surface area (Å²) in [5.74, 6) is 0.671. The van der Waals surface area contributed by atoms with Gasteiger partial charge in [0.05, 0.1) is 6.20 Å². The number of nitrogens with zero attached hydrogens (tertiary/aromatic N) is 1. The Morgan fingerprint density at radius 1 is 1.39 bits per heavy atom. The van der Waals surface area contributed by atoms with E-state index < -0.39 is 0 Å². The number of anilines is 1. The summed E-state index contributed by atoms with van der Waals surface area (Å²) < 4.78 is 0. The Bertz CT molecular complexity index is 385. The number of hydrogen-bond donors (Lipinski definition) is 2. The van der Waals surface area contributed by atoms with Crippen LogP contribution in [0.3, 0.4) is 0 Å². The molecule has 1 heterocycles. The van der Waals surface area contributed by atoms with E-state index >= 15 is 0 Å². The molecule has 102 valence electrons. The summed E-state index contributed by atoms with van der Waals surface area (Å²) in [6, 6.07) is 1.74. The second-order valence-electron chi connectivity index (χ2n) is 6.33. The van der Waals surface area contributed by atoms with Crippen LogP contribution in [0.5, 0.6) is 0 Å². The van der Waals surface area contributed by atoms with Crippen LogP contribution in [-0.4, -0.2) is 21.4 Å². The van der Waals surface area contributed by atoms with E-state index in [2.05, 4.69) is 59.1 Å². The topological polar surface area (TPSA) is 57.8 Å². The number of rotatable bonds is 6. The summed E-state index contributed by atoms with van der Waals surface area (Å²) >= 11 is 3.52. The summed E-state index contributed by atoms with van der Waals surface area (Å²) in [5, 5.41) is 10.3. The third-order valence-electron chi connectivity index (χ3n) is 2.73. The highest BCUT2D eigenvalue weighted by atomic mass is 79.9. The zero-order valence-electron chi connectivity index (χ0n) is 11.5. The van der Waals surface area contributed by atoms with Gasteiger partial charge in [-0.25, -0.2) is 0 Å². The minimum absolute atomic E-state index is 0.0228. The van der Waals surface area contributed by atoms with Crippen molar-refractivity contribution in [3.05, 3.63) is 12.3 Å². The Hall–Kier alpha value is -0.840. The van der Waals surface area contributed by atoms with Gasteiger partial charge < -0.3 is 5.32 Å². The first-order valence-corrected chi connectivity index (χ1v) is 7.21. The standard InChI is InChI=1S/C13H22BrN3O/c1-12(2,8-13(3,4)9-14)7-11(18)16-10-5-6-15-17-10/h5-6H,7-9H2,1-4H3,(H2,15,16,17,18). The quantitative estimate of drug-likeness (QED) is 0.788. The molecular weight excluding hydrogens is 294 g/mol. The van der Waals surface area contributed by atoms with Gasteiger partial charge in [0.2, 0.25) is 5.91 Å². The van der Waals surface area contributed by atoms with Crippen LogP contribution in [0.4, 0.5) is 5.82 Å². The molecular formula is C13H22BrN3O. The first kappa shape index (κ1) is 15.2. The van der Waals surface area contributed by atoms with Crippen LogP contribution in [0, 0.1) is 10.8 Å². The van der Waals surface area contributed by atoms with Gasteiger partial charge in [-0.2, -0.15) is 5.10 Å². The molecule has 0 radical (unpaired) electrons. The van der Waals surface area contributed by atoms with E-state index in [1.54, 1.807) is 12.3 Å². The van der Waals surface area contributed by atoms with E-state index in [1.807, 2.05) is 0 Å². The van der Waals surface area contributed by atoms with Gasteiger partial charge in [0.25, 0.3) is 0 Å². The van der Waals surface area contributed by atoms with Crippen molar-refractivity contribution in [2.24, 2.45) is 10.8 Å². The van der Waals surface area contributed by atoms with E-state index in [-0.39, 0.29) is 16.7 Å². The van der Waals surface area contributed by atoms with Gasteiger partial charge >= 0.3 is 0 Å². The largest absolute Gasteiger partial charge is 0.311 e. The van der Waals surface area contributed by atoms with Crippen molar-refractivity contribution in [2.45, 2.75) is 40.5 Å². The molecule has 18 heavy (non-hydrogen) atoms. The van der Waals surface area contributed by atoms with Crippen molar-refractivity contribution < 1.29 is 4.79 Å². The van der Waals surface area contributed by atoms with Crippen molar-refractivity contribution in [3.63, 3.8) is 0 Å². The van der Waals surface area contributed by atoms with Crippen LogP contribution in [0.15, 0.2) is 12.3 Å². The number of halogens is 1. The average Bonchev–Trinajstić information content (AvgIpc) is 2.67. The molecule has 0 fully saturated rings. The number of aromatic nitrogens is 2. The van der Waals surface area contributed by atoms with Gasteiger partial charge in [-0.3, -0.25) is 9.89 Å². The maximum Gasteiger partial charge on any atom is 0.226 e. The molecule has 5 heteroatoms. The molecule has 1 amide bonds. The van der Waals surface area contributed by atoms with Gasteiger partial charge in [-0.15, -0.1) is 0 Å². The van der Waals surface area contributed by atoms with E-state index in [4.69, 9.17) is 0 Å². The SMILES string of the molecule is CC(C)(CBr)CC(C)(C)CC(=O)Nc1ccn[nH]1. The zero-order valence-corrected chi connectivity index (χ0v) is 13.1. The Morgan fingerprint density at radius 2 is 2.06 bits per heavy atom. The fourth-order valence-electron chi connectivity index (χ4n) is 2.36. The molecule has 0 aliphatic carbocycles. The molecule has 0 spiro atoms. The Balaban J connectivity index is 2.52. The fraction of sp³-hybridized carbons (Fsp3) is 0.692. The van der Waals surface area contributed by atoms with E-state index in [0.29, 0.717) is 12.2 Å². The maximum atomic E-state index is 11.9. The lowest BCUT2D eigenvalue weighted by Gasteiger charge is -2.33. The smallest absolute Gasteiger partial charge is 0.226 e. The van der Waals surface area contributed by atoms with Crippen LogP contribution in [-0.2, 0) is 4.79 Å². The Kier molecular flexibility index (Phi) is 4.96. The molecule has 0 atom stereocenters. The fourth-order valence-corrected chi connectivity index (χ4v) is 2.56. The summed E-state index contributed by atoms with van der Waals surface area (Å²) in [5.41, 5.74) is 0.166. The summed E-state index contributed by atoms with van der Waals surface area (Å²) in [6.45, 7) is 8.67. The molecule has 1 aromatic rings. The molecule has 1 rings (SSSR count). The van der Waals surface area contributed by atoms with Gasteiger partial charge in [0, 0.05) is 17.8 Å². The predicted molar refractivity (Wildman–Crippen MR) is 77.8 cm³/mol. The van der Waals surface area contributed by atoms with Gasteiger partial charge in [-0.05, 0) is 17.3 Å². The van der Waals surface area contributed by atoms with Crippen molar-refractivity contribution >= 4 is 27.7 Å². The highest BCUT2D eigenvalue weighted by Gasteiger charge is 2.30. The number of carbonyl (C=O) groups excluding carboxylic acids is 1. The first-order chi connectivity index (χ1) is 8.24. The Morgan fingerprint density at radius 3 is 2.56 bits per heavy atom. The second kappa shape index (κ2) is 5.87. The zero-order chi connectivity index (χ0) is 13.8. The minimum Gasteiger partial charge on any atom is -0.311 e. The van der Waals surface area contributed by atoms with Crippen LogP contribution in [0.1, 0.15) is 40.5 Å². The predicted octanol–water partition coefficient (Wildman–Crippen LogP) is 3.58. The first-order valence-electron chi connectivity index (χ1n) is 6.09. The van der Waals surface area contributed by atoms with E-state index in [0.717, 1.165) is 11.8 Å². The number of aromatic amines is 1. The number of hydrogen-bond acceptors (Lipinski definition) is 2. The monoisotopic (exact) mass is 315 g/mol. The summed E-state index contributed by atoms with van der Waals surface area (Å²) in [4.78, 5) is 11.9. The van der Waals surface area contributed by atoms with E-state index in [9.17, 15) is 4.79 Å². The lowest BCUT2D eigenvalue weighted by Crippen LogP contribution is -2.28. The molecule has 1 aromatic heterocycles. The number of carbonyl (C=O) groups is 1. The highest BCUT2D eigenvalue weighted by molar-refractivity contribution is 9.09. The summed E-state index contributed by atoms with van der Waals surface area (Å²) in [7, 11) is 0. The van der Waals surface area contributed by atoms with Crippen molar-refractivity contribution in [1.29, 1.82) is 0 Å². The average molecular weight is 316 g/mol. The van der Waals surface area contributed by atoms with Crippen LogP contribution >= 0.6 is 15.9 Å². The molecule has 0 aliphatic rings. The highest BCUT2D eigenvalue weighted by Crippen LogP contribution is 2.37. The molecule has 4 nitrogen and oxygen atoms in total. The van der Waals surface area contributed by atoms with Gasteiger partial charge in [-0.1, -0.05) is 43.6 Å². The summed E-state index contributed by atoms with van der Waals surface area (Å²) in [6.07, 6.45) is 3.11. The molecule has 0 bridgehead atoms. The number of nitrogens with one attached hydrogen (secondary N) is 2. The third-order valence-corrected chi connectivity index (χ3v) is 4.25. The Labute approximate surface area is 117 Å². The van der Waals surface area contributed by atoms with E-state index in [1.165, 1.54) is 0 Å². The van der Waals surface area contributed by atoms with Crippen LogP contribution in [0.25, 0.3) is 0 Å². The van der Waals surface area contributed by atoms with Crippen LogP contribution < -0.4 is 5.32 Å². The molecule has 2 N–H and O–H groups in total. The van der Waals surface area contributed by atoms with Crippen molar-refractivity contribution in [3.8, 4) is 0 Å². The number of amides is 1. The van der Waals surface area contributed by atoms with Crippen LogP contribution in [0.2, 0.25) is 0 Å². The molecule has 0 saturated heterocycles. The molecule has 0 unspecified atom stereocenters. The van der Waals surface area contributed by atoms with Gasteiger partial charge in [0.15, 0.2) is 0 Å². The van der Waals surface area contributed by atoms with Crippen molar-refractivity contribution in [2.75, 3.05) is 10.6 Å². The molecule has 0 aromatic carbocycles.